The van der Waals surface area contributed by atoms with Crippen molar-refractivity contribution in [2.45, 2.75) is 6.92 Å². The van der Waals surface area contributed by atoms with E-state index in [0.29, 0.717) is 11.3 Å². The molecule has 2 amide bonds. The summed E-state index contributed by atoms with van der Waals surface area (Å²) >= 11 is 0. The van der Waals surface area contributed by atoms with Gasteiger partial charge in [-0.1, -0.05) is 11.6 Å². The van der Waals surface area contributed by atoms with E-state index in [4.69, 9.17) is 11.0 Å². The summed E-state index contributed by atoms with van der Waals surface area (Å²) in [5.74, 6) is -1.37. The molecular weight excluding hydrogens is 218 g/mol. The number of rotatable bonds is 1. The van der Waals surface area contributed by atoms with Crippen LogP contribution in [0.2, 0.25) is 0 Å². The van der Waals surface area contributed by atoms with Crippen molar-refractivity contribution in [1.82, 2.24) is 0 Å². The molecule has 17 heavy (non-hydrogen) atoms. The van der Waals surface area contributed by atoms with Gasteiger partial charge in [0, 0.05) is 11.3 Å². The maximum absolute atomic E-state index is 11.7. The summed E-state index contributed by atoms with van der Waals surface area (Å²) < 4.78 is 0. The summed E-state index contributed by atoms with van der Waals surface area (Å²) in [4.78, 5) is 22.8. The SMILES string of the molecule is Cc1ccc2c(c1)C(=C(C#N)C(N)=O)C(=O)N2. The Morgan fingerprint density at radius 3 is 2.76 bits per heavy atom. The molecule has 0 radical (unpaired) electrons. The first-order valence-corrected chi connectivity index (χ1v) is 4.91. The van der Waals surface area contributed by atoms with E-state index in [-0.39, 0.29) is 11.1 Å². The largest absolute Gasteiger partial charge is 0.365 e. The van der Waals surface area contributed by atoms with Crippen molar-refractivity contribution in [3.63, 3.8) is 0 Å². The fourth-order valence-electron chi connectivity index (χ4n) is 1.76. The van der Waals surface area contributed by atoms with Crippen molar-refractivity contribution in [2.24, 2.45) is 5.73 Å². The molecule has 2 rings (SSSR count). The first-order valence-electron chi connectivity index (χ1n) is 4.91. The zero-order valence-corrected chi connectivity index (χ0v) is 9.07. The minimum atomic E-state index is -0.896. The van der Waals surface area contributed by atoms with E-state index in [1.54, 1.807) is 18.2 Å². The number of nitrogens with zero attached hydrogens (tertiary/aromatic N) is 1. The van der Waals surface area contributed by atoms with E-state index in [2.05, 4.69) is 5.32 Å². The Morgan fingerprint density at radius 2 is 2.18 bits per heavy atom. The number of carbonyl (C=O) groups excluding carboxylic acids is 2. The lowest BCUT2D eigenvalue weighted by atomic mass is 10.00. The maximum atomic E-state index is 11.7. The molecule has 0 atom stereocenters. The number of benzene rings is 1. The van der Waals surface area contributed by atoms with Crippen molar-refractivity contribution < 1.29 is 9.59 Å². The van der Waals surface area contributed by atoms with E-state index in [1.807, 2.05) is 13.0 Å². The zero-order valence-electron chi connectivity index (χ0n) is 9.07. The molecule has 0 bridgehead atoms. The minimum Gasteiger partial charge on any atom is -0.365 e. The molecule has 84 valence electrons. The number of nitrogens with two attached hydrogens (primary N) is 1. The van der Waals surface area contributed by atoms with E-state index >= 15 is 0 Å². The van der Waals surface area contributed by atoms with Gasteiger partial charge in [0.1, 0.15) is 11.6 Å². The van der Waals surface area contributed by atoms with Gasteiger partial charge in [0.15, 0.2) is 0 Å². The van der Waals surface area contributed by atoms with Gasteiger partial charge >= 0.3 is 0 Å². The van der Waals surface area contributed by atoms with Gasteiger partial charge in [-0.15, -0.1) is 0 Å². The third-order valence-electron chi connectivity index (χ3n) is 2.53. The highest BCUT2D eigenvalue weighted by Gasteiger charge is 2.29. The highest BCUT2D eigenvalue weighted by Crippen LogP contribution is 2.34. The molecule has 1 heterocycles. The molecule has 0 spiro atoms. The topological polar surface area (TPSA) is 96.0 Å². The lowest BCUT2D eigenvalue weighted by Crippen LogP contribution is -2.17. The normalized spacial score (nSPS) is 15.9. The average Bonchev–Trinajstić information content (AvgIpc) is 2.56. The molecule has 5 heteroatoms. The fraction of sp³-hybridized carbons (Fsp3) is 0.0833. The molecule has 0 saturated carbocycles. The van der Waals surface area contributed by atoms with Crippen LogP contribution in [0.25, 0.3) is 5.57 Å². The molecule has 0 aliphatic carbocycles. The van der Waals surface area contributed by atoms with Gasteiger partial charge in [-0.3, -0.25) is 9.59 Å². The van der Waals surface area contributed by atoms with Gasteiger partial charge in [-0.2, -0.15) is 5.26 Å². The molecule has 0 fully saturated rings. The molecule has 1 aromatic rings. The third-order valence-corrected chi connectivity index (χ3v) is 2.53. The third kappa shape index (κ3) is 1.66. The molecule has 0 aromatic heterocycles. The molecule has 3 N–H and O–H groups in total. The van der Waals surface area contributed by atoms with Crippen molar-refractivity contribution in [3.05, 3.63) is 34.9 Å². The highest BCUT2D eigenvalue weighted by molar-refractivity contribution is 6.36. The van der Waals surface area contributed by atoms with Crippen LogP contribution in [0.15, 0.2) is 23.8 Å². The molecule has 1 aliphatic rings. The number of carbonyl (C=O) groups is 2. The van der Waals surface area contributed by atoms with Crippen molar-refractivity contribution >= 4 is 23.1 Å². The monoisotopic (exact) mass is 227 g/mol. The molecule has 1 aliphatic heterocycles. The molecule has 5 nitrogen and oxygen atoms in total. The fourth-order valence-corrected chi connectivity index (χ4v) is 1.76. The number of anilines is 1. The van der Waals surface area contributed by atoms with Crippen LogP contribution in [0.3, 0.4) is 0 Å². The van der Waals surface area contributed by atoms with Crippen LogP contribution in [0, 0.1) is 18.3 Å². The summed E-state index contributed by atoms with van der Waals surface area (Å²) in [6.07, 6.45) is 0. The number of nitrogens with one attached hydrogen (secondary N) is 1. The number of nitriles is 1. The van der Waals surface area contributed by atoms with Crippen LogP contribution in [0.1, 0.15) is 11.1 Å². The van der Waals surface area contributed by atoms with E-state index in [0.717, 1.165) is 5.56 Å². The van der Waals surface area contributed by atoms with Gasteiger partial charge in [0.25, 0.3) is 11.8 Å². The molecule has 0 saturated heterocycles. The Hall–Kier alpha value is -2.61. The van der Waals surface area contributed by atoms with E-state index in [9.17, 15) is 9.59 Å². The number of hydrogen-bond donors (Lipinski definition) is 2. The summed E-state index contributed by atoms with van der Waals surface area (Å²) in [6, 6.07) is 6.98. The summed E-state index contributed by atoms with van der Waals surface area (Å²) in [6.45, 7) is 1.86. The summed E-state index contributed by atoms with van der Waals surface area (Å²) in [5, 5.41) is 11.5. The second-order valence-corrected chi connectivity index (χ2v) is 3.73. The lowest BCUT2D eigenvalue weighted by Gasteiger charge is -2.00. The van der Waals surface area contributed by atoms with Crippen molar-refractivity contribution in [1.29, 1.82) is 5.26 Å². The van der Waals surface area contributed by atoms with Gasteiger partial charge in [0.05, 0.1) is 5.57 Å². The summed E-state index contributed by atoms with van der Waals surface area (Å²) in [5.41, 5.74) is 6.89. The first-order chi connectivity index (χ1) is 8.04. The number of amides is 2. The Morgan fingerprint density at radius 1 is 1.47 bits per heavy atom. The summed E-state index contributed by atoms with van der Waals surface area (Å²) in [7, 11) is 0. The van der Waals surface area contributed by atoms with Crippen LogP contribution >= 0.6 is 0 Å². The average molecular weight is 227 g/mol. The zero-order chi connectivity index (χ0) is 12.6. The van der Waals surface area contributed by atoms with Crippen LogP contribution in [0.4, 0.5) is 5.69 Å². The van der Waals surface area contributed by atoms with Gasteiger partial charge in [-0.05, 0) is 19.1 Å². The number of fused-ring (bicyclic) bond motifs is 1. The van der Waals surface area contributed by atoms with Crippen molar-refractivity contribution in [2.75, 3.05) is 5.32 Å². The smallest absolute Gasteiger partial charge is 0.260 e. The Kier molecular flexibility index (Phi) is 2.41. The quantitative estimate of drug-likeness (QED) is 0.546. The standard InChI is InChI=1S/C12H9N3O2/c1-6-2-3-9-7(4-6)10(12(17)15-9)8(5-13)11(14)16/h2-4H,1H3,(H2,14,16)(H,15,17). The second-order valence-electron chi connectivity index (χ2n) is 3.73. The van der Waals surface area contributed by atoms with E-state index < -0.39 is 11.8 Å². The number of hydrogen-bond acceptors (Lipinski definition) is 3. The lowest BCUT2D eigenvalue weighted by molar-refractivity contribution is -0.115. The van der Waals surface area contributed by atoms with E-state index in [1.165, 1.54) is 0 Å². The van der Waals surface area contributed by atoms with Crippen molar-refractivity contribution in [3.8, 4) is 6.07 Å². The highest BCUT2D eigenvalue weighted by atomic mass is 16.2. The van der Waals surface area contributed by atoms with Gasteiger partial charge < -0.3 is 11.1 Å². The first kappa shape index (κ1) is 10.9. The Bertz CT molecular complexity index is 609. The Labute approximate surface area is 97.5 Å². The molecular formula is C12H9N3O2. The predicted octanol–water partition coefficient (Wildman–Crippen LogP) is 0.710. The van der Waals surface area contributed by atoms with Gasteiger partial charge in [0.2, 0.25) is 0 Å². The number of aryl methyl sites for hydroxylation is 1. The Balaban J connectivity index is 2.75. The molecule has 0 unspecified atom stereocenters. The van der Waals surface area contributed by atoms with Crippen LogP contribution in [-0.2, 0) is 9.59 Å². The maximum Gasteiger partial charge on any atom is 0.260 e. The molecule has 1 aromatic carbocycles. The van der Waals surface area contributed by atoms with Crippen LogP contribution in [0.5, 0.6) is 0 Å². The number of primary amides is 1. The predicted molar refractivity (Wildman–Crippen MR) is 61.5 cm³/mol. The van der Waals surface area contributed by atoms with Crippen LogP contribution < -0.4 is 11.1 Å². The van der Waals surface area contributed by atoms with Gasteiger partial charge in [-0.25, -0.2) is 0 Å². The second kappa shape index (κ2) is 3.76. The minimum absolute atomic E-state index is 0.0544. The van der Waals surface area contributed by atoms with Crippen LogP contribution in [-0.4, -0.2) is 11.8 Å².